The number of aryl methyl sites for hydroxylation is 2. The first-order valence-corrected chi connectivity index (χ1v) is 9.51. The van der Waals surface area contributed by atoms with Crippen LogP contribution < -0.4 is 5.32 Å². The molecule has 6 nitrogen and oxygen atoms in total. The van der Waals surface area contributed by atoms with Gasteiger partial charge in [-0.1, -0.05) is 23.7 Å². The van der Waals surface area contributed by atoms with E-state index in [2.05, 4.69) is 10.4 Å². The topological polar surface area (TPSA) is 73.2 Å². The van der Waals surface area contributed by atoms with E-state index in [1.165, 1.54) is 0 Å². The average Bonchev–Trinajstić information content (AvgIpc) is 2.97. The molecule has 0 aliphatic carbocycles. The Labute approximate surface area is 174 Å². The molecule has 29 heavy (non-hydrogen) atoms. The van der Waals surface area contributed by atoms with Crippen LogP contribution in [-0.2, 0) is 9.53 Å². The van der Waals surface area contributed by atoms with Crippen LogP contribution in [-0.4, -0.2) is 28.3 Å². The van der Waals surface area contributed by atoms with Crippen molar-refractivity contribution in [2.45, 2.75) is 27.7 Å². The van der Waals surface area contributed by atoms with Crippen molar-refractivity contribution in [2.24, 2.45) is 0 Å². The second-order valence-corrected chi connectivity index (χ2v) is 7.19. The maximum atomic E-state index is 12.2. The summed E-state index contributed by atoms with van der Waals surface area (Å²) in [5.74, 6) is -0.958. The number of esters is 1. The van der Waals surface area contributed by atoms with Crippen molar-refractivity contribution in [3.05, 3.63) is 75.6 Å². The van der Waals surface area contributed by atoms with Crippen LogP contribution in [0.4, 0.5) is 5.69 Å². The Balaban J connectivity index is 1.61. The molecule has 3 aromatic rings. The van der Waals surface area contributed by atoms with Crippen molar-refractivity contribution >= 4 is 29.2 Å². The highest BCUT2D eigenvalue weighted by Crippen LogP contribution is 2.22. The first-order valence-electron chi connectivity index (χ1n) is 9.13. The number of aromatic nitrogens is 2. The number of benzene rings is 2. The molecule has 150 valence electrons. The summed E-state index contributed by atoms with van der Waals surface area (Å²) in [5.41, 5.74) is 5.45. The summed E-state index contributed by atoms with van der Waals surface area (Å²) in [6, 6.07) is 12.4. The quantitative estimate of drug-likeness (QED) is 0.625. The molecule has 0 aliphatic rings. The zero-order chi connectivity index (χ0) is 21.1. The van der Waals surface area contributed by atoms with Crippen molar-refractivity contribution in [1.82, 2.24) is 9.78 Å². The number of rotatable bonds is 5. The molecule has 2 aromatic carbocycles. The molecule has 1 amide bonds. The molecule has 0 fully saturated rings. The van der Waals surface area contributed by atoms with Crippen LogP contribution in [0.3, 0.4) is 0 Å². The summed E-state index contributed by atoms with van der Waals surface area (Å²) >= 11 is 6.18. The summed E-state index contributed by atoms with van der Waals surface area (Å²) in [7, 11) is 0. The normalized spacial score (nSPS) is 10.7. The molecule has 0 radical (unpaired) electrons. The minimum Gasteiger partial charge on any atom is -0.452 e. The van der Waals surface area contributed by atoms with Crippen LogP contribution in [0.5, 0.6) is 0 Å². The van der Waals surface area contributed by atoms with Gasteiger partial charge < -0.3 is 10.1 Å². The van der Waals surface area contributed by atoms with Gasteiger partial charge in [0.05, 0.1) is 27.7 Å². The lowest BCUT2D eigenvalue weighted by Crippen LogP contribution is -2.21. The largest absolute Gasteiger partial charge is 0.452 e. The second-order valence-electron chi connectivity index (χ2n) is 6.82. The third-order valence-corrected chi connectivity index (χ3v) is 5.31. The van der Waals surface area contributed by atoms with E-state index in [1.54, 1.807) is 28.9 Å². The second kappa shape index (κ2) is 8.49. The number of carbonyl (C=O) groups is 2. The molecule has 3 rings (SSSR count). The zero-order valence-corrected chi connectivity index (χ0v) is 17.5. The Hall–Kier alpha value is -3.12. The van der Waals surface area contributed by atoms with E-state index in [0.29, 0.717) is 16.3 Å². The number of halogens is 1. The molecule has 0 bridgehead atoms. The molecule has 0 saturated carbocycles. The van der Waals surface area contributed by atoms with E-state index in [1.807, 2.05) is 45.9 Å². The van der Waals surface area contributed by atoms with E-state index in [4.69, 9.17) is 16.3 Å². The van der Waals surface area contributed by atoms with Crippen molar-refractivity contribution in [3.8, 4) is 5.69 Å². The van der Waals surface area contributed by atoms with Gasteiger partial charge in [-0.2, -0.15) is 5.10 Å². The molecule has 0 aliphatic heterocycles. The van der Waals surface area contributed by atoms with E-state index >= 15 is 0 Å². The molecule has 0 saturated heterocycles. The molecule has 1 aromatic heterocycles. The predicted molar refractivity (Wildman–Crippen MR) is 113 cm³/mol. The SMILES string of the molecule is Cc1cccc(NC(=O)COC(=O)c2ccc(-n3nc(C)c(Cl)c3C)cc2)c1C. The van der Waals surface area contributed by atoms with Gasteiger partial charge >= 0.3 is 5.97 Å². The van der Waals surface area contributed by atoms with Gasteiger partial charge in [0, 0.05) is 5.69 Å². The first kappa shape index (κ1) is 20.6. The number of nitrogens with zero attached hydrogens (tertiary/aromatic N) is 2. The summed E-state index contributed by atoms with van der Waals surface area (Å²) in [6.45, 7) is 7.24. The van der Waals surface area contributed by atoms with Gasteiger partial charge in [-0.05, 0) is 69.2 Å². The fourth-order valence-electron chi connectivity index (χ4n) is 2.90. The van der Waals surface area contributed by atoms with Crippen molar-refractivity contribution in [3.63, 3.8) is 0 Å². The highest BCUT2D eigenvalue weighted by Gasteiger charge is 2.14. The van der Waals surface area contributed by atoms with Gasteiger partial charge in [0.1, 0.15) is 0 Å². The number of hydrogen-bond donors (Lipinski definition) is 1. The zero-order valence-electron chi connectivity index (χ0n) is 16.7. The van der Waals surface area contributed by atoms with Gasteiger partial charge in [0.2, 0.25) is 0 Å². The Morgan fingerprint density at radius 2 is 1.76 bits per heavy atom. The summed E-state index contributed by atoms with van der Waals surface area (Å²) in [6.07, 6.45) is 0. The molecule has 1 heterocycles. The number of anilines is 1. The third kappa shape index (κ3) is 4.49. The van der Waals surface area contributed by atoms with Crippen LogP contribution in [0.2, 0.25) is 5.02 Å². The lowest BCUT2D eigenvalue weighted by Gasteiger charge is -2.11. The highest BCUT2D eigenvalue weighted by atomic mass is 35.5. The fourth-order valence-corrected chi connectivity index (χ4v) is 3.02. The molecule has 0 atom stereocenters. The summed E-state index contributed by atoms with van der Waals surface area (Å²) in [5, 5.41) is 7.76. The number of amides is 1. The van der Waals surface area contributed by atoms with Crippen LogP contribution >= 0.6 is 11.6 Å². The lowest BCUT2D eigenvalue weighted by atomic mass is 10.1. The van der Waals surface area contributed by atoms with Crippen LogP contribution in [0.1, 0.15) is 32.9 Å². The van der Waals surface area contributed by atoms with E-state index < -0.39 is 5.97 Å². The molecule has 0 unspecified atom stereocenters. The van der Waals surface area contributed by atoms with Gasteiger partial charge in [-0.25, -0.2) is 9.48 Å². The Morgan fingerprint density at radius 3 is 2.38 bits per heavy atom. The standard InChI is InChI=1S/C22H22ClN3O3/c1-13-6-5-7-19(14(13)2)24-20(27)12-29-22(28)17-8-10-18(11-9-17)26-16(4)21(23)15(3)25-26/h5-11H,12H2,1-4H3,(H,24,27). The number of ether oxygens (including phenoxy) is 1. The summed E-state index contributed by atoms with van der Waals surface area (Å²) in [4.78, 5) is 24.4. The molecular formula is C22H22ClN3O3. The molecule has 0 spiro atoms. The lowest BCUT2D eigenvalue weighted by molar-refractivity contribution is -0.119. The van der Waals surface area contributed by atoms with Crippen molar-refractivity contribution in [2.75, 3.05) is 11.9 Å². The number of carbonyl (C=O) groups excluding carboxylic acids is 2. The maximum absolute atomic E-state index is 12.2. The molecular weight excluding hydrogens is 390 g/mol. The predicted octanol–water partition coefficient (Wildman–Crippen LogP) is 4.55. The Kier molecular flexibility index (Phi) is 6.03. The van der Waals surface area contributed by atoms with Gasteiger partial charge in [-0.15, -0.1) is 0 Å². The first-order chi connectivity index (χ1) is 13.8. The Bertz CT molecular complexity index is 1070. The average molecular weight is 412 g/mol. The van der Waals surface area contributed by atoms with E-state index in [0.717, 1.165) is 28.2 Å². The van der Waals surface area contributed by atoms with Crippen LogP contribution in [0.25, 0.3) is 5.69 Å². The minimum absolute atomic E-state index is 0.348. The fraction of sp³-hybridized carbons (Fsp3) is 0.227. The Morgan fingerprint density at radius 1 is 1.07 bits per heavy atom. The number of hydrogen-bond acceptors (Lipinski definition) is 4. The van der Waals surface area contributed by atoms with Crippen molar-refractivity contribution in [1.29, 1.82) is 0 Å². The monoisotopic (exact) mass is 411 g/mol. The van der Waals surface area contributed by atoms with Crippen molar-refractivity contribution < 1.29 is 14.3 Å². The molecule has 1 N–H and O–H groups in total. The smallest absolute Gasteiger partial charge is 0.338 e. The van der Waals surface area contributed by atoms with Gasteiger partial charge in [0.15, 0.2) is 6.61 Å². The van der Waals surface area contributed by atoms with E-state index in [-0.39, 0.29) is 12.5 Å². The van der Waals surface area contributed by atoms with Gasteiger partial charge in [0.25, 0.3) is 5.91 Å². The maximum Gasteiger partial charge on any atom is 0.338 e. The van der Waals surface area contributed by atoms with E-state index in [9.17, 15) is 9.59 Å². The van der Waals surface area contributed by atoms with Crippen LogP contribution in [0, 0.1) is 27.7 Å². The number of nitrogens with one attached hydrogen (secondary N) is 1. The molecule has 7 heteroatoms. The highest BCUT2D eigenvalue weighted by molar-refractivity contribution is 6.31. The van der Waals surface area contributed by atoms with Crippen LogP contribution in [0.15, 0.2) is 42.5 Å². The minimum atomic E-state index is -0.570. The van der Waals surface area contributed by atoms with Gasteiger partial charge in [-0.3, -0.25) is 4.79 Å². The summed E-state index contributed by atoms with van der Waals surface area (Å²) < 4.78 is 6.84. The third-order valence-electron chi connectivity index (χ3n) is 4.76.